The van der Waals surface area contributed by atoms with Crippen molar-refractivity contribution in [3.8, 4) is 0 Å². The largest absolute Gasteiger partial charge is 0.354 e. The Morgan fingerprint density at radius 1 is 1.00 bits per heavy atom. The van der Waals surface area contributed by atoms with Crippen LogP contribution < -0.4 is 11.1 Å². The lowest BCUT2D eigenvalue weighted by Gasteiger charge is -2.62. The van der Waals surface area contributed by atoms with E-state index < -0.39 is 0 Å². The summed E-state index contributed by atoms with van der Waals surface area (Å²) in [6.45, 7) is 0.877. The fourth-order valence-corrected chi connectivity index (χ4v) is 6.54. The highest BCUT2D eigenvalue weighted by atomic mass is 14.9. The van der Waals surface area contributed by atoms with E-state index in [0.29, 0.717) is 10.8 Å². The molecule has 1 heterocycles. The Kier molecular flexibility index (Phi) is 3.43. The molecule has 0 spiro atoms. The van der Waals surface area contributed by atoms with Gasteiger partial charge in [0.1, 0.15) is 0 Å². The summed E-state index contributed by atoms with van der Waals surface area (Å²) in [5, 5.41) is 3.44. The Balaban J connectivity index is 1.42. The molecule has 4 aliphatic rings. The van der Waals surface area contributed by atoms with Crippen molar-refractivity contribution in [2.45, 2.75) is 43.9 Å². The van der Waals surface area contributed by atoms with Crippen LogP contribution in [0.5, 0.6) is 0 Å². The molecule has 0 aliphatic heterocycles. The molecular formula is C22H27N3. The molecule has 6 rings (SSSR count). The first-order valence-corrected chi connectivity index (χ1v) is 9.66. The van der Waals surface area contributed by atoms with E-state index in [2.05, 4.69) is 34.6 Å². The topological polar surface area (TPSA) is 50.9 Å². The fraction of sp³-hybridized carbons (Fsp3) is 0.500. The third kappa shape index (κ3) is 2.56. The van der Waals surface area contributed by atoms with E-state index in [1.807, 2.05) is 18.3 Å². The normalized spacial score (nSPS) is 35.7. The summed E-state index contributed by atoms with van der Waals surface area (Å²) in [6.07, 6.45) is 11.9. The molecule has 0 saturated heterocycles. The molecular weight excluding hydrogens is 306 g/mol. The number of hydrogen-bond donors (Lipinski definition) is 2. The lowest BCUT2D eigenvalue weighted by molar-refractivity contribution is -0.0666. The van der Waals surface area contributed by atoms with Crippen LogP contribution >= 0.6 is 0 Å². The number of rotatable bonds is 4. The molecule has 4 aliphatic carbocycles. The summed E-state index contributed by atoms with van der Waals surface area (Å²) in [6, 6.07) is 13.2. The zero-order chi connectivity index (χ0) is 16.9. The van der Waals surface area contributed by atoms with Gasteiger partial charge >= 0.3 is 0 Å². The molecule has 2 atom stereocenters. The van der Waals surface area contributed by atoms with Gasteiger partial charge in [-0.15, -0.1) is 0 Å². The number of pyridine rings is 1. The second-order valence-corrected chi connectivity index (χ2v) is 8.89. The van der Waals surface area contributed by atoms with Gasteiger partial charge in [-0.2, -0.15) is 0 Å². The van der Waals surface area contributed by atoms with Crippen LogP contribution in [0.15, 0.2) is 48.8 Å². The fourth-order valence-electron chi connectivity index (χ4n) is 6.54. The smallest absolute Gasteiger partial charge is 0.0570 e. The Hall–Kier alpha value is -1.87. The highest BCUT2D eigenvalue weighted by molar-refractivity contribution is 5.59. The van der Waals surface area contributed by atoms with E-state index in [-0.39, 0.29) is 0 Å². The molecule has 3 N–H and O–H groups in total. The molecule has 4 bridgehead atoms. The van der Waals surface area contributed by atoms with Crippen molar-refractivity contribution in [1.82, 2.24) is 4.98 Å². The molecule has 2 aromatic rings. The van der Waals surface area contributed by atoms with Crippen molar-refractivity contribution >= 4 is 11.4 Å². The second-order valence-electron chi connectivity index (χ2n) is 8.89. The summed E-state index contributed by atoms with van der Waals surface area (Å²) in [5.74, 6) is 1.80. The first kappa shape index (κ1) is 15.4. The monoisotopic (exact) mass is 333 g/mol. The van der Waals surface area contributed by atoms with Gasteiger partial charge in [0.2, 0.25) is 0 Å². The van der Waals surface area contributed by atoms with Crippen molar-refractivity contribution in [2.24, 2.45) is 23.0 Å². The first-order valence-electron chi connectivity index (χ1n) is 9.66. The van der Waals surface area contributed by atoms with E-state index >= 15 is 0 Å². The molecule has 1 aromatic carbocycles. The van der Waals surface area contributed by atoms with Crippen LogP contribution in [0.1, 0.15) is 44.1 Å². The number of nitrogens with zero attached hydrogens (tertiary/aromatic N) is 1. The van der Waals surface area contributed by atoms with Gasteiger partial charge in [0.15, 0.2) is 0 Å². The average molecular weight is 333 g/mol. The van der Waals surface area contributed by atoms with Crippen LogP contribution in [0.25, 0.3) is 0 Å². The number of benzene rings is 1. The van der Waals surface area contributed by atoms with Gasteiger partial charge in [0.25, 0.3) is 0 Å². The van der Waals surface area contributed by atoms with E-state index in [9.17, 15) is 0 Å². The number of aromatic nitrogens is 1. The van der Waals surface area contributed by atoms with Crippen LogP contribution in [0.3, 0.4) is 0 Å². The summed E-state index contributed by atoms with van der Waals surface area (Å²) in [5.41, 5.74) is 10.8. The third-order valence-electron chi connectivity index (χ3n) is 7.06. The van der Waals surface area contributed by atoms with Crippen LogP contribution in [-0.4, -0.2) is 11.5 Å². The lowest BCUT2D eigenvalue weighted by Crippen LogP contribution is -2.56. The molecule has 2 unspecified atom stereocenters. The van der Waals surface area contributed by atoms with Crippen molar-refractivity contribution in [3.63, 3.8) is 0 Å². The molecule has 3 heteroatoms. The zero-order valence-electron chi connectivity index (χ0n) is 14.7. The zero-order valence-corrected chi connectivity index (χ0v) is 14.7. The SMILES string of the molecule is NCC12CC3CC(C1)CC(c1ccc(Nc4cccnc4)cc1)(C3)C2. The summed E-state index contributed by atoms with van der Waals surface area (Å²) < 4.78 is 0. The van der Waals surface area contributed by atoms with Gasteiger partial charge < -0.3 is 11.1 Å². The number of nitrogens with one attached hydrogen (secondary N) is 1. The number of hydrogen-bond acceptors (Lipinski definition) is 3. The Labute approximate surface area is 150 Å². The van der Waals surface area contributed by atoms with E-state index in [1.165, 1.54) is 44.1 Å². The number of nitrogens with two attached hydrogens (primary N) is 1. The predicted octanol–water partition coefficient (Wildman–Crippen LogP) is 4.62. The Bertz CT molecular complexity index is 739. The third-order valence-corrected chi connectivity index (χ3v) is 7.06. The van der Waals surface area contributed by atoms with Crippen LogP contribution in [0, 0.1) is 17.3 Å². The first-order chi connectivity index (χ1) is 12.2. The van der Waals surface area contributed by atoms with Crippen LogP contribution in [0.4, 0.5) is 11.4 Å². The summed E-state index contributed by atoms with van der Waals surface area (Å²) >= 11 is 0. The maximum Gasteiger partial charge on any atom is 0.0570 e. The lowest BCUT2D eigenvalue weighted by atomic mass is 9.43. The molecule has 1 aromatic heterocycles. The van der Waals surface area contributed by atoms with Gasteiger partial charge in [0.05, 0.1) is 11.9 Å². The Morgan fingerprint density at radius 3 is 2.40 bits per heavy atom. The number of anilines is 2. The minimum Gasteiger partial charge on any atom is -0.354 e. The van der Waals surface area contributed by atoms with Crippen molar-refractivity contribution in [2.75, 3.05) is 11.9 Å². The van der Waals surface area contributed by atoms with Gasteiger partial charge in [-0.1, -0.05) is 12.1 Å². The standard InChI is InChI=1S/C22H27N3/c23-15-21-9-16-8-17(10-21)12-22(11-16,14-21)18-3-5-19(6-4-18)25-20-2-1-7-24-13-20/h1-7,13,16-17,25H,8-12,14-15,23H2. The molecule has 0 radical (unpaired) electrons. The maximum absolute atomic E-state index is 6.26. The van der Waals surface area contributed by atoms with Gasteiger partial charge in [-0.3, -0.25) is 4.98 Å². The summed E-state index contributed by atoms with van der Waals surface area (Å²) in [7, 11) is 0. The molecule has 25 heavy (non-hydrogen) atoms. The highest BCUT2D eigenvalue weighted by Crippen LogP contribution is 2.65. The minimum atomic E-state index is 0.385. The van der Waals surface area contributed by atoms with Crippen LogP contribution in [-0.2, 0) is 5.41 Å². The van der Waals surface area contributed by atoms with E-state index in [4.69, 9.17) is 5.73 Å². The molecule has 4 fully saturated rings. The Morgan fingerprint density at radius 2 is 1.76 bits per heavy atom. The van der Waals surface area contributed by atoms with Gasteiger partial charge in [0, 0.05) is 11.9 Å². The highest BCUT2D eigenvalue weighted by Gasteiger charge is 2.57. The van der Waals surface area contributed by atoms with E-state index in [1.54, 1.807) is 6.20 Å². The van der Waals surface area contributed by atoms with E-state index in [0.717, 1.165) is 29.8 Å². The van der Waals surface area contributed by atoms with Gasteiger partial charge in [-0.25, -0.2) is 0 Å². The maximum atomic E-state index is 6.26. The van der Waals surface area contributed by atoms with Crippen LogP contribution in [0.2, 0.25) is 0 Å². The average Bonchev–Trinajstić information content (AvgIpc) is 2.62. The quantitative estimate of drug-likeness (QED) is 0.858. The summed E-state index contributed by atoms with van der Waals surface area (Å²) in [4.78, 5) is 4.17. The van der Waals surface area contributed by atoms with Crippen molar-refractivity contribution in [1.29, 1.82) is 0 Å². The predicted molar refractivity (Wildman–Crippen MR) is 102 cm³/mol. The molecule has 3 nitrogen and oxygen atoms in total. The van der Waals surface area contributed by atoms with Gasteiger partial charge in [-0.05, 0) is 97.6 Å². The molecule has 0 amide bonds. The second kappa shape index (κ2) is 5.57. The molecule has 4 saturated carbocycles. The van der Waals surface area contributed by atoms with Crippen molar-refractivity contribution in [3.05, 3.63) is 54.4 Å². The molecule has 130 valence electrons. The van der Waals surface area contributed by atoms with Crippen molar-refractivity contribution < 1.29 is 0 Å². The minimum absolute atomic E-state index is 0.385.